The molecule has 3 aromatic rings. The Morgan fingerprint density at radius 2 is 1.65 bits per heavy atom. The smallest absolute Gasteiger partial charge is 0.342 e. The normalized spacial score (nSPS) is 10.8. The van der Waals surface area contributed by atoms with Gasteiger partial charge in [-0.25, -0.2) is 14.6 Å². The summed E-state index contributed by atoms with van der Waals surface area (Å²) in [5, 5.41) is 13.7. The van der Waals surface area contributed by atoms with Gasteiger partial charge in [0.05, 0.1) is 23.0 Å². The molecule has 10 nitrogen and oxygen atoms in total. The first-order chi connectivity index (χ1) is 16.3. The summed E-state index contributed by atoms with van der Waals surface area (Å²) in [4.78, 5) is 53.4. The maximum Gasteiger partial charge on any atom is 0.342 e. The van der Waals surface area contributed by atoms with Crippen LogP contribution in [-0.2, 0) is 9.47 Å². The monoisotopic (exact) mass is 501 g/mol. The molecule has 0 spiro atoms. The minimum absolute atomic E-state index is 0.0421. The average molecular weight is 502 g/mol. The second-order valence-corrected chi connectivity index (χ2v) is 8.53. The number of anilines is 1. The van der Waals surface area contributed by atoms with E-state index in [0.29, 0.717) is 10.4 Å². The summed E-state index contributed by atoms with van der Waals surface area (Å²) in [6.45, 7) is 3.31. The van der Waals surface area contributed by atoms with Gasteiger partial charge in [-0.1, -0.05) is 40.9 Å². The largest absolute Gasteiger partial charge is 0.462 e. The van der Waals surface area contributed by atoms with Crippen molar-refractivity contribution in [1.82, 2.24) is 0 Å². The van der Waals surface area contributed by atoms with Crippen molar-refractivity contribution in [1.29, 1.82) is 0 Å². The number of nitrogens with one attached hydrogen (secondary N) is 1. The first-order valence-corrected chi connectivity index (χ1v) is 11.6. The molecule has 2 aromatic heterocycles. The third-order valence-electron chi connectivity index (χ3n) is 4.21. The predicted octanol–water partition coefficient (Wildman–Crippen LogP) is 5.07. The highest BCUT2D eigenvalue weighted by molar-refractivity contribution is 7.21. The fraction of sp³-hybridized carbons (Fsp3) is 0.182. The van der Waals surface area contributed by atoms with Crippen LogP contribution in [0.2, 0.25) is 0 Å². The molecule has 0 unspecified atom stereocenters. The summed E-state index contributed by atoms with van der Waals surface area (Å²) < 4.78 is 10.2. The predicted molar refractivity (Wildman–Crippen MR) is 129 cm³/mol. The van der Waals surface area contributed by atoms with Crippen LogP contribution in [0.1, 0.15) is 49.8 Å². The van der Waals surface area contributed by atoms with Gasteiger partial charge in [0.15, 0.2) is 0 Å². The van der Waals surface area contributed by atoms with Crippen molar-refractivity contribution in [2.24, 2.45) is 4.99 Å². The summed E-state index contributed by atoms with van der Waals surface area (Å²) in [6, 6.07) is 11.2. The molecule has 0 radical (unpaired) electrons. The Bertz CT molecular complexity index is 1250. The molecule has 0 saturated carbocycles. The van der Waals surface area contributed by atoms with Crippen LogP contribution in [0, 0.1) is 10.1 Å². The van der Waals surface area contributed by atoms with E-state index in [2.05, 4.69) is 10.3 Å². The number of ether oxygens (including phenoxy) is 2. The van der Waals surface area contributed by atoms with E-state index < -0.39 is 22.8 Å². The summed E-state index contributed by atoms with van der Waals surface area (Å²) >= 11 is 1.79. The number of rotatable bonds is 9. The number of hydrogen-bond acceptors (Lipinski definition) is 10. The second kappa shape index (κ2) is 11.3. The molecule has 0 aliphatic heterocycles. The Hall–Kier alpha value is -3.90. The Balaban J connectivity index is 2.08. The van der Waals surface area contributed by atoms with Crippen LogP contribution in [0.5, 0.6) is 0 Å². The summed E-state index contributed by atoms with van der Waals surface area (Å²) in [5.41, 5.74) is 0.0224. The van der Waals surface area contributed by atoms with E-state index in [1.807, 2.05) is 0 Å². The van der Waals surface area contributed by atoms with Gasteiger partial charge in [-0.05, 0) is 32.0 Å². The number of hydrogen-bond donors (Lipinski definition) is 1. The van der Waals surface area contributed by atoms with Gasteiger partial charge >= 0.3 is 16.9 Å². The van der Waals surface area contributed by atoms with E-state index in [1.54, 1.807) is 44.2 Å². The zero-order valence-corrected chi connectivity index (χ0v) is 19.7. The van der Waals surface area contributed by atoms with Gasteiger partial charge < -0.3 is 14.8 Å². The van der Waals surface area contributed by atoms with Crippen molar-refractivity contribution in [3.63, 3.8) is 0 Å². The molecule has 12 heteroatoms. The van der Waals surface area contributed by atoms with Crippen LogP contribution in [0.4, 0.5) is 15.0 Å². The molecule has 1 amide bonds. The van der Waals surface area contributed by atoms with Gasteiger partial charge in [0.2, 0.25) is 0 Å². The number of benzene rings is 1. The molecule has 2 heterocycles. The Morgan fingerprint density at radius 1 is 1.00 bits per heavy atom. The van der Waals surface area contributed by atoms with Crippen molar-refractivity contribution >= 4 is 61.7 Å². The first kappa shape index (κ1) is 24.7. The van der Waals surface area contributed by atoms with E-state index in [9.17, 15) is 24.5 Å². The average Bonchev–Trinajstić information content (AvgIpc) is 3.43. The van der Waals surface area contributed by atoms with E-state index in [4.69, 9.17) is 9.47 Å². The van der Waals surface area contributed by atoms with Gasteiger partial charge in [0.1, 0.15) is 21.1 Å². The molecular weight excluding hydrogens is 482 g/mol. The number of nitrogens with zero attached hydrogens (tertiary/aromatic N) is 2. The van der Waals surface area contributed by atoms with Crippen molar-refractivity contribution in [2.45, 2.75) is 13.8 Å². The highest BCUT2D eigenvalue weighted by Gasteiger charge is 2.31. The summed E-state index contributed by atoms with van der Waals surface area (Å²) in [5.74, 6) is -2.13. The molecule has 0 saturated heterocycles. The molecule has 1 aromatic carbocycles. The van der Waals surface area contributed by atoms with Crippen LogP contribution in [0.3, 0.4) is 0 Å². The lowest BCUT2D eigenvalue weighted by Crippen LogP contribution is -2.17. The highest BCUT2D eigenvalue weighted by atomic mass is 32.1. The van der Waals surface area contributed by atoms with Gasteiger partial charge in [0, 0.05) is 17.8 Å². The number of carbonyl (C=O) groups excluding carboxylic acids is 3. The molecule has 0 aliphatic carbocycles. The first-order valence-electron chi connectivity index (χ1n) is 10.0. The fourth-order valence-corrected chi connectivity index (χ4v) is 4.50. The quantitative estimate of drug-likeness (QED) is 0.187. The highest BCUT2D eigenvalue weighted by Crippen LogP contribution is 2.41. The van der Waals surface area contributed by atoms with Gasteiger partial charge in [-0.2, -0.15) is 0 Å². The van der Waals surface area contributed by atoms with Gasteiger partial charge in [0.25, 0.3) is 5.91 Å². The maximum absolute atomic E-state index is 12.8. The number of carbonyl (C=O) groups is 3. The SMILES string of the molecule is CCOC(=O)c1c(N=Cc2ccc([N+](=O)[O-])s2)sc(NC(=O)c2ccccc2)c1C(=O)OCC. The van der Waals surface area contributed by atoms with Crippen molar-refractivity contribution < 1.29 is 28.8 Å². The molecule has 0 fully saturated rings. The Kier molecular flexibility index (Phi) is 8.22. The number of thiophene rings is 2. The second-order valence-electron chi connectivity index (χ2n) is 6.44. The van der Waals surface area contributed by atoms with Gasteiger partial charge in [-0.3, -0.25) is 14.9 Å². The number of nitro groups is 1. The summed E-state index contributed by atoms with van der Waals surface area (Å²) in [7, 11) is 0. The Morgan fingerprint density at radius 3 is 2.24 bits per heavy atom. The number of amides is 1. The van der Waals surface area contributed by atoms with Crippen LogP contribution in [0.25, 0.3) is 0 Å². The lowest BCUT2D eigenvalue weighted by molar-refractivity contribution is -0.380. The standard InChI is InChI=1S/C22H19N3O7S2/c1-3-31-21(27)16-17(22(28)32-4-2)20(24-18(26)13-8-6-5-7-9-13)34-19(16)23-12-14-10-11-15(33-14)25(29)30/h5-12H,3-4H2,1-2H3,(H,24,26). The number of esters is 2. The third-order valence-corrected chi connectivity index (χ3v) is 6.20. The zero-order valence-electron chi connectivity index (χ0n) is 18.1. The molecule has 3 rings (SSSR count). The van der Waals surface area contributed by atoms with E-state index in [1.165, 1.54) is 18.3 Å². The summed E-state index contributed by atoms with van der Waals surface area (Å²) in [6.07, 6.45) is 1.34. The fourth-order valence-electron chi connectivity index (χ4n) is 2.79. The van der Waals surface area contributed by atoms with Gasteiger partial charge in [-0.15, -0.1) is 0 Å². The minimum atomic E-state index is -0.821. The lowest BCUT2D eigenvalue weighted by atomic mass is 10.1. The van der Waals surface area contributed by atoms with Crippen molar-refractivity contribution in [2.75, 3.05) is 18.5 Å². The van der Waals surface area contributed by atoms with Crippen LogP contribution < -0.4 is 5.32 Å². The Labute approximate surface area is 202 Å². The van der Waals surface area contributed by atoms with Crippen molar-refractivity contribution in [3.8, 4) is 0 Å². The van der Waals surface area contributed by atoms with E-state index >= 15 is 0 Å². The molecular formula is C22H19N3O7S2. The van der Waals surface area contributed by atoms with Crippen LogP contribution in [0.15, 0.2) is 47.5 Å². The van der Waals surface area contributed by atoms with Crippen molar-refractivity contribution in [3.05, 3.63) is 74.1 Å². The molecule has 1 N–H and O–H groups in total. The molecule has 0 bridgehead atoms. The topological polar surface area (TPSA) is 137 Å². The third kappa shape index (κ3) is 5.71. The molecule has 0 atom stereocenters. The number of aliphatic imine (C=N–C) groups is 1. The van der Waals surface area contributed by atoms with E-state index in [0.717, 1.165) is 22.7 Å². The maximum atomic E-state index is 12.8. The minimum Gasteiger partial charge on any atom is -0.462 e. The molecule has 176 valence electrons. The van der Waals surface area contributed by atoms with Crippen LogP contribution in [-0.4, -0.2) is 42.2 Å². The lowest BCUT2D eigenvalue weighted by Gasteiger charge is -2.08. The zero-order chi connectivity index (χ0) is 24.7. The van der Waals surface area contributed by atoms with E-state index in [-0.39, 0.29) is 39.3 Å². The molecule has 34 heavy (non-hydrogen) atoms. The molecule has 0 aliphatic rings. The van der Waals surface area contributed by atoms with Crippen LogP contribution >= 0.6 is 22.7 Å².